The highest BCUT2D eigenvalue weighted by Gasteiger charge is 2.07. The van der Waals surface area contributed by atoms with Crippen molar-refractivity contribution in [2.45, 2.75) is 0 Å². The molecule has 0 aliphatic rings. The number of anilines is 1. The van der Waals surface area contributed by atoms with Crippen molar-refractivity contribution in [3.63, 3.8) is 0 Å². The van der Waals surface area contributed by atoms with Gasteiger partial charge in [0.2, 0.25) is 0 Å². The van der Waals surface area contributed by atoms with Crippen molar-refractivity contribution in [3.05, 3.63) is 30.0 Å². The number of carboxylic acid groups (broad SMARTS) is 1. The van der Waals surface area contributed by atoms with E-state index < -0.39 is 5.97 Å². The predicted octanol–water partition coefficient (Wildman–Crippen LogP) is 1.93. The number of hydrogen-bond donors (Lipinski definition) is 2. The molecule has 2 N–H and O–H groups in total. The number of carboxylic acids is 1. The minimum atomic E-state index is -0.933. The lowest BCUT2D eigenvalue weighted by atomic mass is 10.2. The van der Waals surface area contributed by atoms with Gasteiger partial charge in [0.15, 0.2) is 0 Å². The fourth-order valence-corrected chi connectivity index (χ4v) is 1.51. The van der Waals surface area contributed by atoms with Gasteiger partial charge in [0, 0.05) is 30.7 Å². The summed E-state index contributed by atoms with van der Waals surface area (Å²) < 4.78 is 0. The van der Waals surface area contributed by atoms with E-state index in [0.717, 1.165) is 16.6 Å². The van der Waals surface area contributed by atoms with Gasteiger partial charge in [0.05, 0.1) is 0 Å². The molecule has 15 heavy (non-hydrogen) atoms. The van der Waals surface area contributed by atoms with Gasteiger partial charge >= 0.3 is 5.97 Å². The molecule has 4 heteroatoms. The summed E-state index contributed by atoms with van der Waals surface area (Å²) in [5, 5.41) is 9.74. The zero-order valence-electron chi connectivity index (χ0n) is 8.61. The number of aromatic carboxylic acids is 1. The first-order valence-corrected chi connectivity index (χ1v) is 4.61. The number of nitrogens with zero attached hydrogens (tertiary/aromatic N) is 1. The van der Waals surface area contributed by atoms with Gasteiger partial charge < -0.3 is 15.0 Å². The quantitative estimate of drug-likeness (QED) is 0.785. The third-order valence-corrected chi connectivity index (χ3v) is 2.35. The van der Waals surface area contributed by atoms with Crippen molar-refractivity contribution in [2.24, 2.45) is 0 Å². The van der Waals surface area contributed by atoms with Crippen LogP contribution in [0.4, 0.5) is 5.69 Å². The number of H-pyrrole nitrogens is 1. The topological polar surface area (TPSA) is 56.3 Å². The molecule has 0 radical (unpaired) electrons. The summed E-state index contributed by atoms with van der Waals surface area (Å²) >= 11 is 0. The second-order valence-electron chi connectivity index (χ2n) is 3.65. The normalized spacial score (nSPS) is 10.5. The maximum absolute atomic E-state index is 10.7. The summed E-state index contributed by atoms with van der Waals surface area (Å²) in [7, 11) is 3.90. The summed E-state index contributed by atoms with van der Waals surface area (Å²) in [6.07, 6.45) is 0. The molecule has 0 amide bonds. The second-order valence-corrected chi connectivity index (χ2v) is 3.65. The number of carbonyl (C=O) groups is 1. The molecule has 1 aromatic carbocycles. The van der Waals surface area contributed by atoms with Crippen LogP contribution in [0.5, 0.6) is 0 Å². The molecule has 0 saturated carbocycles. The van der Waals surface area contributed by atoms with Crippen molar-refractivity contribution in [2.75, 3.05) is 19.0 Å². The van der Waals surface area contributed by atoms with Crippen molar-refractivity contribution in [1.82, 2.24) is 4.98 Å². The average Bonchev–Trinajstić information content (AvgIpc) is 2.59. The van der Waals surface area contributed by atoms with Crippen LogP contribution in [0.25, 0.3) is 10.9 Å². The Balaban J connectivity index is 2.57. The number of nitrogens with one attached hydrogen (secondary N) is 1. The van der Waals surface area contributed by atoms with Crippen molar-refractivity contribution >= 4 is 22.6 Å². The van der Waals surface area contributed by atoms with Gasteiger partial charge in [0.1, 0.15) is 5.69 Å². The molecule has 78 valence electrons. The largest absolute Gasteiger partial charge is 0.477 e. The zero-order chi connectivity index (χ0) is 11.0. The zero-order valence-corrected chi connectivity index (χ0v) is 8.61. The van der Waals surface area contributed by atoms with E-state index in [9.17, 15) is 4.79 Å². The molecule has 0 fully saturated rings. The predicted molar refractivity (Wildman–Crippen MR) is 59.6 cm³/mol. The van der Waals surface area contributed by atoms with Gasteiger partial charge in [-0.15, -0.1) is 0 Å². The van der Waals surface area contributed by atoms with E-state index in [0.29, 0.717) is 0 Å². The van der Waals surface area contributed by atoms with Crippen LogP contribution < -0.4 is 4.90 Å². The van der Waals surface area contributed by atoms with E-state index in [4.69, 9.17) is 5.11 Å². The highest BCUT2D eigenvalue weighted by molar-refractivity contribution is 5.94. The number of fused-ring (bicyclic) bond motifs is 1. The minimum Gasteiger partial charge on any atom is -0.477 e. The molecule has 1 aromatic heterocycles. The molecule has 4 nitrogen and oxygen atoms in total. The SMILES string of the molecule is CN(C)c1ccc2[nH]c(C(=O)O)cc2c1. The molecular formula is C11H12N2O2. The summed E-state index contributed by atoms with van der Waals surface area (Å²) in [5.74, 6) is -0.933. The molecule has 0 atom stereocenters. The Hall–Kier alpha value is -1.97. The van der Waals surface area contributed by atoms with E-state index in [1.165, 1.54) is 0 Å². The molecule has 0 aliphatic carbocycles. The Kier molecular flexibility index (Phi) is 2.11. The van der Waals surface area contributed by atoms with Crippen LogP contribution in [0, 0.1) is 0 Å². The van der Waals surface area contributed by atoms with E-state index >= 15 is 0 Å². The molecule has 0 bridgehead atoms. The number of rotatable bonds is 2. The van der Waals surface area contributed by atoms with E-state index in [-0.39, 0.29) is 5.69 Å². The number of hydrogen-bond acceptors (Lipinski definition) is 2. The van der Waals surface area contributed by atoms with Gasteiger partial charge in [-0.05, 0) is 24.3 Å². The van der Waals surface area contributed by atoms with E-state index in [1.54, 1.807) is 6.07 Å². The van der Waals surface area contributed by atoms with Crippen LogP contribution in [0.15, 0.2) is 24.3 Å². The molecular weight excluding hydrogens is 192 g/mol. The maximum atomic E-state index is 10.7. The lowest BCUT2D eigenvalue weighted by molar-refractivity contribution is 0.0691. The van der Waals surface area contributed by atoms with E-state index in [1.807, 2.05) is 37.2 Å². The van der Waals surface area contributed by atoms with Gasteiger partial charge in [0.25, 0.3) is 0 Å². The van der Waals surface area contributed by atoms with Crippen LogP contribution in [0.1, 0.15) is 10.5 Å². The highest BCUT2D eigenvalue weighted by atomic mass is 16.4. The summed E-state index contributed by atoms with van der Waals surface area (Å²) in [4.78, 5) is 15.6. The van der Waals surface area contributed by atoms with Gasteiger partial charge in [-0.2, -0.15) is 0 Å². The standard InChI is InChI=1S/C11H12N2O2/c1-13(2)8-3-4-9-7(5-8)6-10(12-9)11(14)15/h3-6,12H,1-2H3,(H,14,15). The smallest absolute Gasteiger partial charge is 0.352 e. The molecule has 0 aliphatic heterocycles. The summed E-state index contributed by atoms with van der Waals surface area (Å²) in [6, 6.07) is 7.44. The fourth-order valence-electron chi connectivity index (χ4n) is 1.51. The Morgan fingerprint density at radius 2 is 2.07 bits per heavy atom. The highest BCUT2D eigenvalue weighted by Crippen LogP contribution is 2.21. The van der Waals surface area contributed by atoms with Gasteiger partial charge in [-0.3, -0.25) is 0 Å². The first-order chi connectivity index (χ1) is 7.08. The molecule has 0 spiro atoms. The van der Waals surface area contributed by atoms with Crippen LogP contribution in [-0.2, 0) is 0 Å². The molecule has 1 heterocycles. The first-order valence-electron chi connectivity index (χ1n) is 4.61. The summed E-state index contributed by atoms with van der Waals surface area (Å²) in [5.41, 5.74) is 2.12. The number of aromatic nitrogens is 1. The third kappa shape index (κ3) is 1.66. The van der Waals surface area contributed by atoms with Gasteiger partial charge in [-0.25, -0.2) is 4.79 Å². The third-order valence-electron chi connectivity index (χ3n) is 2.35. The monoisotopic (exact) mass is 204 g/mol. The Bertz CT molecular complexity index is 514. The second kappa shape index (κ2) is 3.31. The molecule has 2 rings (SSSR count). The Morgan fingerprint density at radius 3 is 2.67 bits per heavy atom. The van der Waals surface area contributed by atoms with Crippen LogP contribution in [-0.4, -0.2) is 30.2 Å². The summed E-state index contributed by atoms with van der Waals surface area (Å²) in [6.45, 7) is 0. The minimum absolute atomic E-state index is 0.223. The van der Waals surface area contributed by atoms with Crippen molar-refractivity contribution in [3.8, 4) is 0 Å². The Morgan fingerprint density at radius 1 is 1.33 bits per heavy atom. The van der Waals surface area contributed by atoms with E-state index in [2.05, 4.69) is 4.98 Å². The van der Waals surface area contributed by atoms with Crippen molar-refractivity contribution in [1.29, 1.82) is 0 Å². The van der Waals surface area contributed by atoms with Crippen LogP contribution in [0.3, 0.4) is 0 Å². The van der Waals surface area contributed by atoms with Gasteiger partial charge in [-0.1, -0.05) is 0 Å². The van der Waals surface area contributed by atoms with Crippen LogP contribution in [0.2, 0.25) is 0 Å². The van der Waals surface area contributed by atoms with Crippen molar-refractivity contribution < 1.29 is 9.90 Å². The number of aromatic amines is 1. The molecule has 0 saturated heterocycles. The Labute approximate surface area is 87.1 Å². The average molecular weight is 204 g/mol. The molecule has 2 aromatic rings. The fraction of sp³-hybridized carbons (Fsp3) is 0.182. The number of benzene rings is 1. The maximum Gasteiger partial charge on any atom is 0.352 e. The lowest BCUT2D eigenvalue weighted by Crippen LogP contribution is -2.07. The lowest BCUT2D eigenvalue weighted by Gasteiger charge is -2.11. The van der Waals surface area contributed by atoms with Crippen LogP contribution >= 0.6 is 0 Å². The first kappa shape index (κ1) is 9.58. The molecule has 0 unspecified atom stereocenters.